The zero-order chi connectivity index (χ0) is 18.9. The predicted octanol–water partition coefficient (Wildman–Crippen LogP) is 3.69. The van der Waals surface area contributed by atoms with Gasteiger partial charge in [-0.3, -0.25) is 4.79 Å². The molecule has 0 spiro atoms. The van der Waals surface area contributed by atoms with E-state index in [2.05, 4.69) is 5.32 Å². The monoisotopic (exact) mass is 377 g/mol. The fourth-order valence-corrected chi connectivity index (χ4v) is 2.39. The molecule has 6 nitrogen and oxygen atoms in total. The number of ether oxygens (including phenoxy) is 3. The fraction of sp³-hybridized carbons (Fsp3) is 0.263. The Balaban J connectivity index is 1.85. The molecule has 0 aliphatic rings. The lowest BCUT2D eigenvalue weighted by atomic mass is 10.2. The number of amides is 1. The molecule has 7 heteroatoms. The first-order valence-corrected chi connectivity index (χ1v) is 8.43. The predicted molar refractivity (Wildman–Crippen MR) is 98.7 cm³/mol. The highest BCUT2D eigenvalue weighted by Crippen LogP contribution is 2.27. The first kappa shape index (κ1) is 19.6. The molecule has 26 heavy (non-hydrogen) atoms. The summed E-state index contributed by atoms with van der Waals surface area (Å²) in [6, 6.07) is 13.8. The summed E-state index contributed by atoms with van der Waals surface area (Å²) in [5.41, 5.74) is 0.476. The van der Waals surface area contributed by atoms with E-state index in [1.54, 1.807) is 49.4 Å². The van der Waals surface area contributed by atoms with Crippen LogP contribution in [0, 0.1) is 0 Å². The normalized spacial score (nSPS) is 11.3. The molecule has 0 aromatic heterocycles. The number of rotatable bonds is 8. The highest BCUT2D eigenvalue weighted by molar-refractivity contribution is 6.32. The Morgan fingerprint density at radius 3 is 2.50 bits per heavy atom. The number of benzene rings is 2. The zero-order valence-electron chi connectivity index (χ0n) is 14.5. The first-order valence-electron chi connectivity index (χ1n) is 8.05. The molecule has 1 N–H and O–H groups in total. The molecule has 0 heterocycles. The van der Waals surface area contributed by atoms with Gasteiger partial charge in [0.25, 0.3) is 5.91 Å². The maximum Gasteiger partial charge on any atom is 0.347 e. The number of para-hydroxylation sites is 1. The Kier molecular flexibility index (Phi) is 7.29. The summed E-state index contributed by atoms with van der Waals surface area (Å²) in [7, 11) is 1.50. The van der Waals surface area contributed by atoms with E-state index in [-0.39, 0.29) is 0 Å². The van der Waals surface area contributed by atoms with Crippen molar-refractivity contribution < 1.29 is 23.8 Å². The number of hydrogen-bond acceptors (Lipinski definition) is 5. The molecule has 0 radical (unpaired) electrons. The van der Waals surface area contributed by atoms with Crippen LogP contribution in [0.3, 0.4) is 0 Å². The van der Waals surface area contributed by atoms with Gasteiger partial charge >= 0.3 is 5.97 Å². The van der Waals surface area contributed by atoms with Gasteiger partial charge in [-0.2, -0.15) is 0 Å². The van der Waals surface area contributed by atoms with Crippen LogP contribution in [0.5, 0.6) is 11.5 Å². The Labute approximate surface area is 157 Å². The molecule has 0 bridgehead atoms. The number of carbonyl (C=O) groups is 2. The summed E-state index contributed by atoms with van der Waals surface area (Å²) in [5, 5.41) is 2.96. The SMILES string of the molecule is CC[C@H](Oc1ccccc1)C(=O)OCC(=O)Nc1ccc(OC)c(Cl)c1. The third-order valence-corrected chi connectivity index (χ3v) is 3.73. The number of hydrogen-bond donors (Lipinski definition) is 1. The van der Waals surface area contributed by atoms with E-state index >= 15 is 0 Å². The summed E-state index contributed by atoms with van der Waals surface area (Å²) in [6.45, 7) is 1.38. The van der Waals surface area contributed by atoms with E-state index in [0.717, 1.165) is 0 Å². The molecule has 2 aromatic rings. The second-order valence-corrected chi connectivity index (χ2v) is 5.74. The maximum atomic E-state index is 12.1. The van der Waals surface area contributed by atoms with Crippen molar-refractivity contribution in [2.45, 2.75) is 19.4 Å². The van der Waals surface area contributed by atoms with Crippen LogP contribution in [0.25, 0.3) is 0 Å². The second-order valence-electron chi connectivity index (χ2n) is 5.33. The van der Waals surface area contributed by atoms with Gasteiger partial charge in [-0.05, 0) is 36.8 Å². The zero-order valence-corrected chi connectivity index (χ0v) is 15.3. The summed E-state index contributed by atoms with van der Waals surface area (Å²) in [5.74, 6) is -0.0121. The van der Waals surface area contributed by atoms with E-state index in [1.165, 1.54) is 7.11 Å². The molecule has 0 saturated carbocycles. The van der Waals surface area contributed by atoms with Crippen molar-refractivity contribution in [2.75, 3.05) is 19.0 Å². The van der Waals surface area contributed by atoms with Crippen molar-refractivity contribution in [1.29, 1.82) is 0 Å². The van der Waals surface area contributed by atoms with E-state index in [4.69, 9.17) is 25.8 Å². The standard InChI is InChI=1S/C19H20ClNO5/c1-3-16(26-14-7-5-4-6-8-14)19(23)25-12-18(22)21-13-9-10-17(24-2)15(20)11-13/h4-11,16H,3,12H2,1-2H3,(H,21,22)/t16-/m0/s1. The van der Waals surface area contributed by atoms with Crippen molar-refractivity contribution in [3.63, 3.8) is 0 Å². The molecule has 0 fully saturated rings. The molecular weight excluding hydrogens is 358 g/mol. The fourth-order valence-electron chi connectivity index (χ4n) is 2.13. The van der Waals surface area contributed by atoms with Gasteiger partial charge in [0.1, 0.15) is 11.5 Å². The van der Waals surface area contributed by atoms with Crippen molar-refractivity contribution >= 4 is 29.2 Å². The van der Waals surface area contributed by atoms with Crippen LogP contribution in [-0.4, -0.2) is 31.7 Å². The number of halogens is 1. The maximum absolute atomic E-state index is 12.1. The van der Waals surface area contributed by atoms with Gasteiger partial charge in [0.15, 0.2) is 12.7 Å². The van der Waals surface area contributed by atoms with E-state index in [9.17, 15) is 9.59 Å². The molecule has 2 aromatic carbocycles. The highest BCUT2D eigenvalue weighted by atomic mass is 35.5. The molecule has 2 rings (SSSR count). The average Bonchev–Trinajstić information content (AvgIpc) is 2.65. The van der Waals surface area contributed by atoms with Gasteiger partial charge in [-0.1, -0.05) is 36.7 Å². The molecule has 0 unspecified atom stereocenters. The van der Waals surface area contributed by atoms with Crippen molar-refractivity contribution in [3.05, 3.63) is 53.6 Å². The van der Waals surface area contributed by atoms with Gasteiger partial charge in [0, 0.05) is 5.69 Å². The topological polar surface area (TPSA) is 73.9 Å². The first-order chi connectivity index (χ1) is 12.5. The van der Waals surface area contributed by atoms with Gasteiger partial charge in [-0.15, -0.1) is 0 Å². The molecule has 1 amide bonds. The number of methoxy groups -OCH3 is 1. The summed E-state index contributed by atoms with van der Waals surface area (Å²) >= 11 is 6.00. The Morgan fingerprint density at radius 1 is 1.15 bits per heavy atom. The number of carbonyl (C=O) groups excluding carboxylic acids is 2. The largest absolute Gasteiger partial charge is 0.495 e. The molecule has 0 saturated heterocycles. The van der Waals surface area contributed by atoms with Crippen molar-refractivity contribution in [1.82, 2.24) is 0 Å². The van der Waals surface area contributed by atoms with Gasteiger partial charge < -0.3 is 19.5 Å². The lowest BCUT2D eigenvalue weighted by molar-refractivity contribution is -0.154. The van der Waals surface area contributed by atoms with Crippen LogP contribution < -0.4 is 14.8 Å². The van der Waals surface area contributed by atoms with E-state index in [0.29, 0.717) is 28.6 Å². The van der Waals surface area contributed by atoms with Crippen LogP contribution in [0.2, 0.25) is 5.02 Å². The Morgan fingerprint density at radius 2 is 1.88 bits per heavy atom. The lowest BCUT2D eigenvalue weighted by Crippen LogP contribution is -2.31. The van der Waals surface area contributed by atoms with Crippen LogP contribution >= 0.6 is 11.6 Å². The molecule has 1 atom stereocenters. The van der Waals surface area contributed by atoms with Gasteiger partial charge in [0.05, 0.1) is 12.1 Å². The summed E-state index contributed by atoms with van der Waals surface area (Å²) in [4.78, 5) is 24.1. The van der Waals surface area contributed by atoms with Gasteiger partial charge in [-0.25, -0.2) is 4.79 Å². The molecule has 0 aliphatic heterocycles. The van der Waals surface area contributed by atoms with Crippen LogP contribution in [0.15, 0.2) is 48.5 Å². The summed E-state index contributed by atoms with van der Waals surface area (Å²) < 4.78 is 15.7. The van der Waals surface area contributed by atoms with Crippen LogP contribution in [0.4, 0.5) is 5.69 Å². The minimum Gasteiger partial charge on any atom is -0.495 e. The lowest BCUT2D eigenvalue weighted by Gasteiger charge is -2.16. The minimum absolute atomic E-state index is 0.365. The average molecular weight is 378 g/mol. The third-order valence-electron chi connectivity index (χ3n) is 3.44. The van der Waals surface area contributed by atoms with Crippen LogP contribution in [0.1, 0.15) is 13.3 Å². The molecule has 0 aliphatic carbocycles. The van der Waals surface area contributed by atoms with Crippen LogP contribution in [-0.2, 0) is 14.3 Å². The van der Waals surface area contributed by atoms with Gasteiger partial charge in [0.2, 0.25) is 0 Å². The number of esters is 1. The Hall–Kier alpha value is -2.73. The smallest absolute Gasteiger partial charge is 0.347 e. The quantitative estimate of drug-likeness (QED) is 0.710. The van der Waals surface area contributed by atoms with E-state index < -0.39 is 24.6 Å². The second kappa shape index (κ2) is 9.68. The number of anilines is 1. The van der Waals surface area contributed by atoms with Crippen molar-refractivity contribution in [3.8, 4) is 11.5 Å². The number of nitrogens with one attached hydrogen (secondary N) is 1. The minimum atomic E-state index is -0.777. The third kappa shape index (κ3) is 5.67. The Bertz CT molecular complexity index is 751. The van der Waals surface area contributed by atoms with E-state index in [1.807, 2.05) is 6.07 Å². The van der Waals surface area contributed by atoms with Crippen molar-refractivity contribution in [2.24, 2.45) is 0 Å². The molecular formula is C19H20ClNO5. The summed E-state index contributed by atoms with van der Waals surface area (Å²) in [6.07, 6.45) is -0.357. The highest BCUT2D eigenvalue weighted by Gasteiger charge is 2.21. The molecule has 138 valence electrons.